The highest BCUT2D eigenvalue weighted by molar-refractivity contribution is 5.72. The Balaban J connectivity index is 3.12. The highest BCUT2D eigenvalue weighted by atomic mass is 16.6. The van der Waals surface area contributed by atoms with Gasteiger partial charge in [0.05, 0.1) is 25.2 Å². The summed E-state index contributed by atoms with van der Waals surface area (Å²) in [5, 5.41) is 20.0. The molecule has 0 radical (unpaired) electrons. The van der Waals surface area contributed by atoms with E-state index in [4.69, 9.17) is 14.2 Å². The number of nitrogens with zero attached hydrogens (tertiary/aromatic N) is 4. The average Bonchev–Trinajstić information content (AvgIpc) is 2.71. The summed E-state index contributed by atoms with van der Waals surface area (Å²) in [6, 6.07) is 0. The molecule has 0 aromatic heterocycles. The Bertz CT molecular complexity index is 804. The van der Waals surface area contributed by atoms with Gasteiger partial charge in [-0.25, -0.2) is 0 Å². The summed E-state index contributed by atoms with van der Waals surface area (Å²) in [5.41, 5.74) is -1.76. The minimum absolute atomic E-state index is 0.0565. The van der Waals surface area contributed by atoms with Gasteiger partial charge in [0.15, 0.2) is 6.29 Å². The van der Waals surface area contributed by atoms with Crippen molar-refractivity contribution in [3.05, 3.63) is 0 Å². The summed E-state index contributed by atoms with van der Waals surface area (Å²) in [5.74, 6) is -1.63. The first-order valence-corrected chi connectivity index (χ1v) is 14.1. The molecule has 12 nitrogen and oxygen atoms in total. The second-order valence-electron chi connectivity index (χ2n) is 13.4. The van der Waals surface area contributed by atoms with Crippen LogP contribution in [0.5, 0.6) is 0 Å². The zero-order chi connectivity index (χ0) is 30.7. The van der Waals surface area contributed by atoms with Crippen molar-refractivity contribution >= 4 is 17.9 Å². The summed E-state index contributed by atoms with van der Waals surface area (Å²) in [4.78, 5) is 44.6. The van der Waals surface area contributed by atoms with Gasteiger partial charge in [-0.05, 0) is 62.3 Å². The molecule has 40 heavy (non-hydrogen) atoms. The van der Waals surface area contributed by atoms with E-state index in [1.807, 2.05) is 81.9 Å². The van der Waals surface area contributed by atoms with Crippen LogP contribution in [0.25, 0.3) is 0 Å². The number of esters is 2. The number of hydrogen-bond donors (Lipinski definition) is 2. The molecule has 1 heterocycles. The number of carbonyl (C=O) groups is 3. The summed E-state index contributed by atoms with van der Waals surface area (Å²) >= 11 is 0. The van der Waals surface area contributed by atoms with Crippen molar-refractivity contribution in [1.29, 1.82) is 0 Å². The van der Waals surface area contributed by atoms with Crippen LogP contribution in [0.2, 0.25) is 0 Å². The number of ether oxygens (including phenoxy) is 3. The molecule has 0 saturated carbocycles. The van der Waals surface area contributed by atoms with E-state index in [2.05, 4.69) is 0 Å². The van der Waals surface area contributed by atoms with Gasteiger partial charge in [-0.3, -0.25) is 34.0 Å². The zero-order valence-corrected chi connectivity index (χ0v) is 26.2. The van der Waals surface area contributed by atoms with Gasteiger partial charge in [0.2, 0.25) is 0 Å². The van der Waals surface area contributed by atoms with Crippen LogP contribution in [-0.2, 0) is 28.6 Å². The van der Waals surface area contributed by atoms with Gasteiger partial charge in [0.25, 0.3) is 0 Å². The standard InChI is InChI=1S/C28H54N4O8/c1-26(2,3)38-23(35)19-30-12-10-29(18-22(33)34)11-13-31(20-24(36)39-27(4,5)6)15-17-32(16-14-30)21-25(37)40-28(7,8)9/h23,35H,10-21H2,1-9H3,(H,33,34). The lowest BCUT2D eigenvalue weighted by atomic mass is 10.2. The Morgan fingerprint density at radius 1 is 0.600 bits per heavy atom. The first-order valence-electron chi connectivity index (χ1n) is 14.1. The van der Waals surface area contributed by atoms with Crippen LogP contribution < -0.4 is 0 Å². The number of aliphatic carboxylic acids is 1. The van der Waals surface area contributed by atoms with Crippen molar-refractivity contribution in [2.45, 2.75) is 85.4 Å². The molecule has 0 bridgehead atoms. The second kappa shape index (κ2) is 16.0. The molecular formula is C28H54N4O8. The number of rotatable bonds is 9. The molecule has 0 spiro atoms. The predicted octanol–water partition coefficient (Wildman–Crippen LogP) is 1.11. The van der Waals surface area contributed by atoms with Gasteiger partial charge >= 0.3 is 17.9 Å². The van der Waals surface area contributed by atoms with Crippen molar-refractivity contribution in [3.8, 4) is 0 Å². The lowest BCUT2D eigenvalue weighted by molar-refractivity contribution is -0.174. The number of aliphatic hydroxyl groups excluding tert-OH is 1. The van der Waals surface area contributed by atoms with E-state index in [1.165, 1.54) is 0 Å². The smallest absolute Gasteiger partial charge is 0.320 e. The molecule has 1 atom stereocenters. The van der Waals surface area contributed by atoms with E-state index in [9.17, 15) is 24.6 Å². The molecule has 0 aliphatic carbocycles. The summed E-state index contributed by atoms with van der Waals surface area (Å²) in [6.45, 7) is 20.5. The van der Waals surface area contributed by atoms with Gasteiger partial charge < -0.3 is 24.4 Å². The van der Waals surface area contributed by atoms with E-state index in [0.29, 0.717) is 52.4 Å². The molecule has 1 aliphatic rings. The van der Waals surface area contributed by atoms with Crippen molar-refractivity contribution in [2.24, 2.45) is 0 Å². The minimum Gasteiger partial charge on any atom is -0.480 e. The van der Waals surface area contributed by atoms with Crippen LogP contribution >= 0.6 is 0 Å². The molecule has 0 aromatic rings. The second-order valence-corrected chi connectivity index (χ2v) is 13.4. The maximum absolute atomic E-state index is 12.7. The molecule has 1 saturated heterocycles. The van der Waals surface area contributed by atoms with Crippen molar-refractivity contribution in [2.75, 3.05) is 78.5 Å². The average molecular weight is 575 g/mol. The first kappa shape index (κ1) is 36.2. The Morgan fingerprint density at radius 2 is 0.925 bits per heavy atom. The van der Waals surface area contributed by atoms with Crippen molar-refractivity contribution in [3.63, 3.8) is 0 Å². The Hall–Kier alpha value is -1.83. The van der Waals surface area contributed by atoms with Crippen LogP contribution in [0.1, 0.15) is 62.3 Å². The molecule has 1 unspecified atom stereocenters. The molecule has 1 fully saturated rings. The SMILES string of the molecule is CC(C)(C)OC(=O)CN1CCN(CC(=O)O)CCN(CC(O)OC(C)(C)C)CCN(CC(=O)OC(C)(C)C)CC1. The Labute approximate surface area is 240 Å². The van der Waals surface area contributed by atoms with E-state index in [1.54, 1.807) is 0 Å². The largest absolute Gasteiger partial charge is 0.480 e. The fourth-order valence-corrected chi connectivity index (χ4v) is 4.21. The zero-order valence-electron chi connectivity index (χ0n) is 26.2. The number of β-amino-alcohol motifs (C(OH)–C–C–N with tert-alkyl or cyclic N) is 1. The summed E-state index contributed by atoms with van der Waals surface area (Å²) in [6.07, 6.45) is -1.02. The molecule has 0 aromatic carbocycles. The summed E-state index contributed by atoms with van der Waals surface area (Å²) < 4.78 is 16.8. The topological polar surface area (TPSA) is 132 Å². The molecule has 12 heteroatoms. The number of carboxylic acid groups (broad SMARTS) is 1. The molecule has 234 valence electrons. The lowest BCUT2D eigenvalue weighted by Crippen LogP contribution is -2.50. The first-order chi connectivity index (χ1) is 18.2. The Kier molecular flexibility index (Phi) is 14.5. The molecule has 1 aliphatic heterocycles. The molecule has 2 N–H and O–H groups in total. The van der Waals surface area contributed by atoms with Crippen LogP contribution in [0.15, 0.2) is 0 Å². The van der Waals surface area contributed by atoms with Gasteiger partial charge in [0.1, 0.15) is 11.2 Å². The van der Waals surface area contributed by atoms with Crippen LogP contribution in [-0.4, -0.2) is 149 Å². The molecule has 0 amide bonds. The number of carbonyl (C=O) groups excluding carboxylic acids is 2. The molecule has 1 rings (SSSR count). The van der Waals surface area contributed by atoms with Gasteiger partial charge in [-0.2, -0.15) is 0 Å². The number of hydrogen-bond acceptors (Lipinski definition) is 11. The van der Waals surface area contributed by atoms with Crippen LogP contribution in [0, 0.1) is 0 Å². The van der Waals surface area contributed by atoms with Gasteiger partial charge in [0, 0.05) is 58.9 Å². The van der Waals surface area contributed by atoms with Gasteiger partial charge in [-0.15, -0.1) is 0 Å². The van der Waals surface area contributed by atoms with E-state index < -0.39 is 29.1 Å². The third-order valence-corrected chi connectivity index (χ3v) is 5.74. The number of carboxylic acids is 1. The maximum atomic E-state index is 12.7. The fourth-order valence-electron chi connectivity index (χ4n) is 4.21. The normalized spacial score (nSPS) is 19.4. The molecular weight excluding hydrogens is 520 g/mol. The van der Waals surface area contributed by atoms with Crippen molar-refractivity contribution < 1.29 is 38.8 Å². The Morgan fingerprint density at radius 3 is 1.23 bits per heavy atom. The predicted molar refractivity (Wildman–Crippen MR) is 152 cm³/mol. The van der Waals surface area contributed by atoms with Crippen molar-refractivity contribution in [1.82, 2.24) is 19.6 Å². The van der Waals surface area contributed by atoms with E-state index in [0.717, 1.165) is 0 Å². The highest BCUT2D eigenvalue weighted by Gasteiger charge is 2.25. The van der Waals surface area contributed by atoms with E-state index >= 15 is 0 Å². The maximum Gasteiger partial charge on any atom is 0.320 e. The lowest BCUT2D eigenvalue weighted by Gasteiger charge is -2.35. The van der Waals surface area contributed by atoms with Crippen LogP contribution in [0.4, 0.5) is 0 Å². The van der Waals surface area contributed by atoms with Crippen LogP contribution in [0.3, 0.4) is 0 Å². The van der Waals surface area contributed by atoms with E-state index in [-0.39, 0.29) is 38.1 Å². The highest BCUT2D eigenvalue weighted by Crippen LogP contribution is 2.12. The fraction of sp³-hybridized carbons (Fsp3) is 0.893. The monoisotopic (exact) mass is 574 g/mol. The minimum atomic E-state index is -1.02. The van der Waals surface area contributed by atoms with Gasteiger partial charge in [-0.1, -0.05) is 0 Å². The third-order valence-electron chi connectivity index (χ3n) is 5.74. The summed E-state index contributed by atoms with van der Waals surface area (Å²) in [7, 11) is 0. The number of aliphatic hydroxyl groups is 1. The quantitative estimate of drug-likeness (QED) is 0.302. The third kappa shape index (κ3) is 18.5.